The zero-order valence-corrected chi connectivity index (χ0v) is 21.8. The molecule has 0 aliphatic rings. The van der Waals surface area contributed by atoms with E-state index in [1.807, 2.05) is 43.3 Å². The van der Waals surface area contributed by atoms with Gasteiger partial charge in [-0.25, -0.2) is 13.2 Å². The van der Waals surface area contributed by atoms with Crippen molar-refractivity contribution >= 4 is 21.7 Å². The van der Waals surface area contributed by atoms with Crippen LogP contribution in [0.25, 0.3) is 11.1 Å². The van der Waals surface area contributed by atoms with Gasteiger partial charge in [0.25, 0.3) is 0 Å². The maximum Gasteiger partial charge on any atom is 0.338 e. The lowest BCUT2D eigenvalue weighted by molar-refractivity contribution is 0.0526. The molecule has 3 aromatic carbocycles. The van der Waals surface area contributed by atoms with E-state index in [0.717, 1.165) is 22.9 Å². The van der Waals surface area contributed by atoms with Crippen LogP contribution < -0.4 is 14.8 Å². The molecule has 1 unspecified atom stereocenters. The molecule has 0 amide bonds. The summed E-state index contributed by atoms with van der Waals surface area (Å²) in [6.45, 7) is 5.12. The molecule has 198 valence electrons. The lowest BCUT2D eigenvalue weighted by Gasteiger charge is -2.15. The Morgan fingerprint density at radius 2 is 1.78 bits per heavy atom. The Bertz CT molecular complexity index is 1330. The normalized spacial score (nSPS) is 12.1. The molecule has 3 aromatic rings. The van der Waals surface area contributed by atoms with Gasteiger partial charge >= 0.3 is 5.97 Å². The van der Waals surface area contributed by atoms with E-state index >= 15 is 0 Å². The van der Waals surface area contributed by atoms with Crippen molar-refractivity contribution in [2.24, 2.45) is 0 Å². The van der Waals surface area contributed by atoms with Crippen molar-refractivity contribution < 1.29 is 32.9 Å². The first-order valence-electron chi connectivity index (χ1n) is 11.8. The molecular weight excluding hydrogens is 496 g/mol. The number of esters is 1. The van der Waals surface area contributed by atoms with E-state index in [-0.39, 0.29) is 24.0 Å². The summed E-state index contributed by atoms with van der Waals surface area (Å²) >= 11 is 0. The van der Waals surface area contributed by atoms with E-state index < -0.39 is 16.1 Å². The summed E-state index contributed by atoms with van der Waals surface area (Å²) in [5.74, 6) is 0.137. The van der Waals surface area contributed by atoms with E-state index in [0.29, 0.717) is 36.6 Å². The largest absolute Gasteiger partial charge is 0.506 e. The van der Waals surface area contributed by atoms with Crippen LogP contribution in [0.1, 0.15) is 34.5 Å². The number of benzene rings is 3. The van der Waals surface area contributed by atoms with Gasteiger partial charge in [0.15, 0.2) is 0 Å². The molecule has 0 radical (unpaired) electrons. The van der Waals surface area contributed by atoms with E-state index in [2.05, 4.69) is 10.0 Å². The molecule has 10 heteroatoms. The number of carbonyl (C=O) groups is 1. The number of sulfonamides is 1. The second kappa shape index (κ2) is 12.6. The lowest BCUT2D eigenvalue weighted by atomic mass is 9.98. The Labute approximate surface area is 217 Å². The van der Waals surface area contributed by atoms with Gasteiger partial charge in [-0.1, -0.05) is 24.3 Å². The molecule has 1 atom stereocenters. The first-order valence-corrected chi connectivity index (χ1v) is 13.7. The highest BCUT2D eigenvalue weighted by Gasteiger charge is 2.13. The van der Waals surface area contributed by atoms with Gasteiger partial charge < -0.3 is 25.0 Å². The number of aromatic hydroxyl groups is 1. The van der Waals surface area contributed by atoms with Crippen LogP contribution in [-0.4, -0.2) is 57.2 Å². The van der Waals surface area contributed by atoms with Crippen molar-refractivity contribution in [1.29, 1.82) is 0 Å². The van der Waals surface area contributed by atoms with Crippen LogP contribution in [0.15, 0.2) is 60.7 Å². The third-order valence-corrected chi connectivity index (χ3v) is 6.08. The van der Waals surface area contributed by atoms with Crippen LogP contribution in [-0.2, 0) is 14.8 Å². The van der Waals surface area contributed by atoms with Gasteiger partial charge in [0.2, 0.25) is 10.0 Å². The molecular formula is C27H32N2O7S. The zero-order chi connectivity index (χ0) is 27.0. The quantitative estimate of drug-likeness (QED) is 0.159. The fourth-order valence-corrected chi connectivity index (χ4v) is 4.26. The van der Waals surface area contributed by atoms with Crippen LogP contribution in [0.2, 0.25) is 0 Å². The summed E-state index contributed by atoms with van der Waals surface area (Å²) in [5, 5.41) is 23.3. The molecule has 0 aliphatic carbocycles. The van der Waals surface area contributed by atoms with Crippen LogP contribution >= 0.6 is 0 Å². The number of aliphatic hydroxyl groups excluding tert-OH is 1. The maximum absolute atomic E-state index is 11.9. The van der Waals surface area contributed by atoms with Gasteiger partial charge in [0, 0.05) is 13.1 Å². The number of carbonyl (C=O) groups excluding carboxylic acids is 1. The van der Waals surface area contributed by atoms with E-state index in [1.165, 1.54) is 18.2 Å². The van der Waals surface area contributed by atoms with Crippen molar-refractivity contribution in [3.05, 3.63) is 77.4 Å². The maximum atomic E-state index is 11.9. The zero-order valence-electron chi connectivity index (χ0n) is 21.0. The summed E-state index contributed by atoms with van der Waals surface area (Å²) in [6, 6.07) is 17.4. The Morgan fingerprint density at radius 1 is 1.05 bits per heavy atom. The molecule has 0 saturated carbocycles. The number of aryl methyl sites for hydroxylation is 1. The van der Waals surface area contributed by atoms with Gasteiger partial charge in [0.1, 0.15) is 18.1 Å². The van der Waals surface area contributed by atoms with Crippen molar-refractivity contribution in [3.8, 4) is 22.6 Å². The summed E-state index contributed by atoms with van der Waals surface area (Å²) in [5.41, 5.74) is 3.97. The molecule has 0 aromatic heterocycles. The molecule has 9 nitrogen and oxygen atoms in total. The molecule has 0 fully saturated rings. The fourth-order valence-electron chi connectivity index (χ4n) is 3.70. The monoisotopic (exact) mass is 528 g/mol. The van der Waals surface area contributed by atoms with Gasteiger partial charge in [-0.2, -0.15) is 0 Å². The Kier molecular flexibility index (Phi) is 9.51. The third kappa shape index (κ3) is 8.21. The smallest absolute Gasteiger partial charge is 0.338 e. The minimum absolute atomic E-state index is 0.0102. The minimum atomic E-state index is -3.56. The first-order chi connectivity index (χ1) is 17.6. The Hall–Kier alpha value is -3.60. The molecule has 0 saturated heterocycles. The van der Waals surface area contributed by atoms with Gasteiger partial charge in [-0.15, -0.1) is 0 Å². The summed E-state index contributed by atoms with van der Waals surface area (Å²) in [6.07, 6.45) is 0.0783. The van der Waals surface area contributed by atoms with Gasteiger partial charge in [-0.3, -0.25) is 4.72 Å². The molecule has 3 rings (SSSR count). The predicted molar refractivity (Wildman–Crippen MR) is 142 cm³/mol. The summed E-state index contributed by atoms with van der Waals surface area (Å²) < 4.78 is 35.9. The number of nitrogens with one attached hydrogen (secondary N) is 2. The topological polar surface area (TPSA) is 134 Å². The van der Waals surface area contributed by atoms with Crippen LogP contribution in [0, 0.1) is 6.92 Å². The number of rotatable bonds is 12. The van der Waals surface area contributed by atoms with Crippen LogP contribution in [0.3, 0.4) is 0 Å². The second-order valence-corrected chi connectivity index (χ2v) is 10.2. The molecule has 4 N–H and O–H groups in total. The Balaban J connectivity index is 1.48. The van der Waals surface area contributed by atoms with Gasteiger partial charge in [-0.05, 0) is 72.5 Å². The molecule has 37 heavy (non-hydrogen) atoms. The van der Waals surface area contributed by atoms with E-state index in [9.17, 15) is 23.4 Å². The van der Waals surface area contributed by atoms with Gasteiger partial charge in [0.05, 0.1) is 30.2 Å². The number of anilines is 1. The highest BCUT2D eigenvalue weighted by Crippen LogP contribution is 2.28. The number of hydrogen-bond acceptors (Lipinski definition) is 8. The van der Waals surface area contributed by atoms with Crippen molar-refractivity contribution in [2.75, 3.05) is 37.3 Å². The van der Waals surface area contributed by atoms with Crippen molar-refractivity contribution in [1.82, 2.24) is 5.32 Å². The molecule has 0 bridgehead atoms. The highest BCUT2D eigenvalue weighted by molar-refractivity contribution is 7.92. The summed E-state index contributed by atoms with van der Waals surface area (Å²) in [4.78, 5) is 11.9. The average molecular weight is 529 g/mol. The standard InChI is InChI=1S/C27H32N2O7S/c1-4-35-27(32)21-7-11-23(18(2)15-21)19-5-9-22(10-6-19)36-14-13-28-17-26(31)20-8-12-25(30)24(16-20)29-37(3,33)34/h5-12,15-16,26,28-31H,4,13-14,17H2,1-3H3. The van der Waals surface area contributed by atoms with E-state index in [4.69, 9.17) is 9.47 Å². The van der Waals surface area contributed by atoms with Crippen LogP contribution in [0.5, 0.6) is 11.5 Å². The lowest BCUT2D eigenvalue weighted by Crippen LogP contribution is -2.26. The summed E-state index contributed by atoms with van der Waals surface area (Å²) in [7, 11) is -3.56. The number of phenolic OH excluding ortho intramolecular Hbond substituents is 1. The number of phenols is 1. The SMILES string of the molecule is CCOC(=O)c1ccc(-c2ccc(OCCNCC(O)c3ccc(O)c(NS(C)(=O)=O)c3)cc2)c(C)c1. The third-order valence-electron chi connectivity index (χ3n) is 5.49. The molecule has 0 spiro atoms. The fraction of sp³-hybridized carbons (Fsp3) is 0.296. The molecule has 0 heterocycles. The highest BCUT2D eigenvalue weighted by atomic mass is 32.2. The minimum Gasteiger partial charge on any atom is -0.506 e. The number of hydrogen-bond donors (Lipinski definition) is 4. The second-order valence-electron chi connectivity index (χ2n) is 8.49. The Morgan fingerprint density at radius 3 is 2.43 bits per heavy atom. The van der Waals surface area contributed by atoms with E-state index in [1.54, 1.807) is 13.0 Å². The number of ether oxygens (including phenoxy) is 2. The van der Waals surface area contributed by atoms with Crippen LogP contribution in [0.4, 0.5) is 5.69 Å². The number of aliphatic hydroxyl groups is 1. The van der Waals surface area contributed by atoms with Crippen molar-refractivity contribution in [3.63, 3.8) is 0 Å². The first kappa shape index (κ1) is 28.0. The average Bonchev–Trinajstić information content (AvgIpc) is 2.85. The van der Waals surface area contributed by atoms with Crippen molar-refractivity contribution in [2.45, 2.75) is 20.0 Å². The molecule has 0 aliphatic heterocycles. The predicted octanol–water partition coefficient (Wildman–Crippen LogP) is 3.62.